The molecule has 0 bridgehead atoms. The van der Waals surface area contributed by atoms with E-state index in [2.05, 4.69) is 35.1 Å². The molecule has 1 N–H and O–H groups in total. The lowest BCUT2D eigenvalue weighted by Gasteiger charge is -2.15. The van der Waals surface area contributed by atoms with Crippen LogP contribution < -0.4 is 5.32 Å². The molecule has 100 valence electrons. The first-order valence-corrected chi connectivity index (χ1v) is 7.50. The Bertz CT molecular complexity index is 379. The van der Waals surface area contributed by atoms with E-state index in [1.807, 2.05) is 24.3 Å². The van der Waals surface area contributed by atoms with Crippen LogP contribution in [0.15, 0.2) is 28.7 Å². The number of amides is 1. The molecule has 1 aromatic rings. The Hall–Kier alpha value is -0.830. The largest absolute Gasteiger partial charge is 0.352 e. The van der Waals surface area contributed by atoms with Gasteiger partial charge in [0.1, 0.15) is 0 Å². The second kappa shape index (κ2) is 8.30. The molecule has 0 radical (unpaired) electrons. The van der Waals surface area contributed by atoms with Crippen LogP contribution in [0.4, 0.5) is 0 Å². The van der Waals surface area contributed by atoms with Gasteiger partial charge in [-0.2, -0.15) is 0 Å². The first kappa shape index (κ1) is 15.2. The van der Waals surface area contributed by atoms with Crippen LogP contribution >= 0.6 is 15.9 Å². The summed E-state index contributed by atoms with van der Waals surface area (Å²) in [6, 6.07) is 7.50. The Morgan fingerprint density at radius 2 is 2.17 bits per heavy atom. The molecular weight excluding hydrogens is 290 g/mol. The van der Waals surface area contributed by atoms with E-state index in [0.717, 1.165) is 23.0 Å². The molecule has 1 aromatic carbocycles. The molecule has 0 heterocycles. The second-order valence-electron chi connectivity index (χ2n) is 4.64. The predicted molar refractivity (Wildman–Crippen MR) is 79.8 cm³/mol. The highest BCUT2D eigenvalue weighted by molar-refractivity contribution is 9.10. The molecule has 0 aliphatic heterocycles. The fourth-order valence-electron chi connectivity index (χ4n) is 1.91. The summed E-state index contributed by atoms with van der Waals surface area (Å²) in [5.41, 5.74) is 0.717. The summed E-state index contributed by atoms with van der Waals surface area (Å²) in [5, 5.41) is 3.03. The van der Waals surface area contributed by atoms with E-state index in [4.69, 9.17) is 0 Å². The predicted octanol–water partition coefficient (Wildman–Crippen LogP) is 4.40. The van der Waals surface area contributed by atoms with Crippen LogP contribution in [0.1, 0.15) is 49.9 Å². The van der Waals surface area contributed by atoms with Gasteiger partial charge >= 0.3 is 0 Å². The van der Waals surface area contributed by atoms with Gasteiger partial charge in [0.25, 0.3) is 5.91 Å². The molecule has 0 saturated carbocycles. The molecule has 1 amide bonds. The Labute approximate surface area is 118 Å². The zero-order chi connectivity index (χ0) is 13.4. The minimum atomic E-state index is 0.0197. The zero-order valence-corrected chi connectivity index (χ0v) is 12.8. The number of unbranched alkanes of at least 4 members (excludes halogenated alkanes) is 1. The molecule has 1 atom stereocenters. The molecule has 0 saturated heterocycles. The van der Waals surface area contributed by atoms with Crippen LogP contribution in [0.3, 0.4) is 0 Å². The van der Waals surface area contributed by atoms with Crippen molar-refractivity contribution < 1.29 is 4.79 Å². The van der Waals surface area contributed by atoms with Gasteiger partial charge in [-0.1, -0.05) is 55.1 Å². The van der Waals surface area contributed by atoms with Crippen LogP contribution in [0, 0.1) is 5.92 Å². The fraction of sp³-hybridized carbons (Fsp3) is 0.533. The van der Waals surface area contributed by atoms with Crippen molar-refractivity contribution in [3.8, 4) is 0 Å². The van der Waals surface area contributed by atoms with Crippen LogP contribution in [-0.2, 0) is 0 Å². The molecule has 3 heteroatoms. The van der Waals surface area contributed by atoms with E-state index in [9.17, 15) is 4.79 Å². The topological polar surface area (TPSA) is 29.1 Å². The Balaban J connectivity index is 2.44. The summed E-state index contributed by atoms with van der Waals surface area (Å²) in [6.45, 7) is 5.17. The first-order chi connectivity index (χ1) is 8.67. The van der Waals surface area contributed by atoms with Crippen LogP contribution in [0.2, 0.25) is 0 Å². The van der Waals surface area contributed by atoms with Crippen LogP contribution in [-0.4, -0.2) is 12.5 Å². The summed E-state index contributed by atoms with van der Waals surface area (Å²) in [4.78, 5) is 12.0. The minimum absolute atomic E-state index is 0.0197. The summed E-state index contributed by atoms with van der Waals surface area (Å²) in [6.07, 6.45) is 4.78. The molecule has 0 fully saturated rings. The van der Waals surface area contributed by atoms with Gasteiger partial charge in [0.05, 0.1) is 0 Å². The summed E-state index contributed by atoms with van der Waals surface area (Å²) in [7, 11) is 0. The van der Waals surface area contributed by atoms with Gasteiger partial charge in [0.15, 0.2) is 0 Å². The van der Waals surface area contributed by atoms with Gasteiger partial charge in [0, 0.05) is 16.6 Å². The Kier molecular flexibility index (Phi) is 7.02. The number of halogens is 1. The molecule has 18 heavy (non-hydrogen) atoms. The van der Waals surface area contributed by atoms with Crippen LogP contribution in [0.25, 0.3) is 0 Å². The number of rotatable bonds is 7. The third kappa shape index (κ3) is 5.21. The fourth-order valence-corrected chi connectivity index (χ4v) is 2.31. The molecule has 0 aromatic heterocycles. The van der Waals surface area contributed by atoms with Crippen molar-refractivity contribution in [2.45, 2.75) is 39.5 Å². The molecule has 1 rings (SSSR count). The zero-order valence-electron chi connectivity index (χ0n) is 11.2. The van der Waals surface area contributed by atoms with Gasteiger partial charge in [-0.25, -0.2) is 0 Å². The van der Waals surface area contributed by atoms with Crippen molar-refractivity contribution in [1.29, 1.82) is 0 Å². The van der Waals surface area contributed by atoms with Crippen LogP contribution in [0.5, 0.6) is 0 Å². The minimum Gasteiger partial charge on any atom is -0.352 e. The maximum Gasteiger partial charge on any atom is 0.251 e. The number of nitrogens with one attached hydrogen (secondary N) is 1. The number of hydrogen-bond acceptors (Lipinski definition) is 1. The van der Waals surface area contributed by atoms with E-state index >= 15 is 0 Å². The average molecular weight is 312 g/mol. The van der Waals surface area contributed by atoms with Gasteiger partial charge < -0.3 is 5.32 Å². The lowest BCUT2D eigenvalue weighted by Crippen LogP contribution is -2.29. The van der Waals surface area contributed by atoms with E-state index in [1.54, 1.807) is 0 Å². The van der Waals surface area contributed by atoms with Gasteiger partial charge in [0.2, 0.25) is 0 Å². The molecule has 2 nitrogen and oxygen atoms in total. The normalized spacial score (nSPS) is 12.2. The molecule has 0 unspecified atom stereocenters. The van der Waals surface area contributed by atoms with Crippen molar-refractivity contribution in [2.75, 3.05) is 6.54 Å². The van der Waals surface area contributed by atoms with E-state index in [-0.39, 0.29) is 5.91 Å². The SMILES string of the molecule is CCCC[C@@H](CC)CNC(=O)c1cccc(Br)c1. The Morgan fingerprint density at radius 3 is 2.78 bits per heavy atom. The lowest BCUT2D eigenvalue weighted by molar-refractivity contribution is 0.0946. The second-order valence-corrected chi connectivity index (χ2v) is 5.55. The summed E-state index contributed by atoms with van der Waals surface area (Å²) < 4.78 is 0.938. The molecule has 0 aliphatic rings. The lowest BCUT2D eigenvalue weighted by atomic mass is 9.99. The molecule has 0 aliphatic carbocycles. The first-order valence-electron chi connectivity index (χ1n) is 6.71. The van der Waals surface area contributed by atoms with Crippen molar-refractivity contribution >= 4 is 21.8 Å². The third-order valence-electron chi connectivity index (χ3n) is 3.18. The van der Waals surface area contributed by atoms with Gasteiger partial charge in [-0.15, -0.1) is 0 Å². The number of benzene rings is 1. The maximum absolute atomic E-state index is 12.0. The highest BCUT2D eigenvalue weighted by Gasteiger charge is 2.09. The van der Waals surface area contributed by atoms with Crippen molar-refractivity contribution in [3.63, 3.8) is 0 Å². The van der Waals surface area contributed by atoms with Crippen molar-refractivity contribution in [3.05, 3.63) is 34.3 Å². The van der Waals surface area contributed by atoms with E-state index in [0.29, 0.717) is 5.92 Å². The highest BCUT2D eigenvalue weighted by atomic mass is 79.9. The smallest absolute Gasteiger partial charge is 0.251 e. The number of carbonyl (C=O) groups is 1. The van der Waals surface area contributed by atoms with Gasteiger partial charge in [-0.05, 0) is 30.5 Å². The number of hydrogen-bond donors (Lipinski definition) is 1. The van der Waals surface area contributed by atoms with Crippen molar-refractivity contribution in [1.82, 2.24) is 5.32 Å². The molecular formula is C15H22BrNO. The highest BCUT2D eigenvalue weighted by Crippen LogP contribution is 2.13. The van der Waals surface area contributed by atoms with E-state index < -0.39 is 0 Å². The molecule has 0 spiro atoms. The van der Waals surface area contributed by atoms with E-state index in [1.165, 1.54) is 19.3 Å². The summed E-state index contributed by atoms with van der Waals surface area (Å²) in [5.74, 6) is 0.618. The Morgan fingerprint density at radius 1 is 1.39 bits per heavy atom. The van der Waals surface area contributed by atoms with Gasteiger partial charge in [-0.3, -0.25) is 4.79 Å². The third-order valence-corrected chi connectivity index (χ3v) is 3.67. The standard InChI is InChI=1S/C15H22BrNO/c1-3-5-7-12(4-2)11-17-15(18)13-8-6-9-14(16)10-13/h6,8-10,12H,3-5,7,11H2,1-2H3,(H,17,18)/t12-/m1/s1. The number of carbonyl (C=O) groups excluding carboxylic acids is 1. The monoisotopic (exact) mass is 311 g/mol. The average Bonchev–Trinajstić information content (AvgIpc) is 2.38. The summed E-state index contributed by atoms with van der Waals surface area (Å²) >= 11 is 3.38. The van der Waals surface area contributed by atoms with Crippen molar-refractivity contribution in [2.24, 2.45) is 5.92 Å². The quantitative estimate of drug-likeness (QED) is 0.794. The maximum atomic E-state index is 12.0.